The molecule has 19 heavy (non-hydrogen) atoms. The predicted octanol–water partition coefficient (Wildman–Crippen LogP) is 3.37. The minimum atomic E-state index is 0.852. The lowest BCUT2D eigenvalue weighted by Crippen LogP contribution is -2.43. The number of nitrogens with zero attached hydrogens (tertiary/aromatic N) is 2. The molecule has 2 nitrogen and oxygen atoms in total. The number of anilines is 1. The molecule has 0 aromatic heterocycles. The predicted molar refractivity (Wildman–Crippen MR) is 82.0 cm³/mol. The van der Waals surface area contributed by atoms with Gasteiger partial charge in [0.1, 0.15) is 0 Å². The van der Waals surface area contributed by atoms with E-state index in [9.17, 15) is 0 Å². The maximum absolute atomic E-state index is 2.72. The second-order valence-electron chi connectivity index (χ2n) is 6.31. The van der Waals surface area contributed by atoms with Crippen molar-refractivity contribution in [2.24, 2.45) is 0 Å². The highest BCUT2D eigenvalue weighted by Crippen LogP contribution is 2.26. The maximum Gasteiger partial charge on any atom is 0.0371 e. The maximum atomic E-state index is 2.72. The van der Waals surface area contributed by atoms with E-state index in [4.69, 9.17) is 0 Å². The van der Waals surface area contributed by atoms with E-state index in [2.05, 4.69) is 41.8 Å². The minimum Gasteiger partial charge on any atom is -0.371 e. The quantitative estimate of drug-likeness (QED) is 0.802. The Morgan fingerprint density at radius 3 is 2.00 bits per heavy atom. The summed E-state index contributed by atoms with van der Waals surface area (Å²) in [5, 5.41) is 0. The highest BCUT2D eigenvalue weighted by molar-refractivity contribution is 5.51. The molecule has 104 valence electrons. The summed E-state index contributed by atoms with van der Waals surface area (Å²) in [6, 6.07) is 7.79. The average Bonchev–Trinajstić information content (AvgIpc) is 2.91. The first-order valence-corrected chi connectivity index (χ1v) is 7.80. The van der Waals surface area contributed by atoms with Gasteiger partial charge in [0.05, 0.1) is 0 Å². The Bertz CT molecular complexity index is 407. The van der Waals surface area contributed by atoms with Gasteiger partial charge in [0.15, 0.2) is 0 Å². The van der Waals surface area contributed by atoms with Gasteiger partial charge in [0, 0.05) is 24.8 Å². The first-order chi connectivity index (χ1) is 9.22. The van der Waals surface area contributed by atoms with Crippen molar-refractivity contribution in [1.82, 2.24) is 4.90 Å². The van der Waals surface area contributed by atoms with Crippen molar-refractivity contribution in [3.63, 3.8) is 0 Å². The molecule has 1 aromatic carbocycles. The molecule has 2 fully saturated rings. The highest BCUT2D eigenvalue weighted by Gasteiger charge is 2.26. The summed E-state index contributed by atoms with van der Waals surface area (Å²) in [6.45, 7) is 9.54. The van der Waals surface area contributed by atoms with E-state index in [0.29, 0.717) is 0 Å². The van der Waals surface area contributed by atoms with E-state index in [1.807, 2.05) is 0 Å². The van der Waals surface area contributed by atoms with Gasteiger partial charge in [-0.15, -0.1) is 0 Å². The largest absolute Gasteiger partial charge is 0.371 e. The number of aryl methyl sites for hydroxylation is 2. The van der Waals surface area contributed by atoms with Crippen molar-refractivity contribution in [3.8, 4) is 0 Å². The van der Waals surface area contributed by atoms with Crippen LogP contribution in [0.5, 0.6) is 0 Å². The lowest BCUT2D eigenvalue weighted by atomic mass is 10.0. The van der Waals surface area contributed by atoms with Crippen LogP contribution in [0.2, 0.25) is 0 Å². The molecule has 0 unspecified atom stereocenters. The molecule has 2 aliphatic heterocycles. The normalized spacial score (nSPS) is 22.1. The zero-order valence-electron chi connectivity index (χ0n) is 12.4. The van der Waals surface area contributed by atoms with Crippen molar-refractivity contribution >= 4 is 5.69 Å². The van der Waals surface area contributed by atoms with Crippen LogP contribution in [0.4, 0.5) is 5.69 Å². The van der Waals surface area contributed by atoms with Crippen molar-refractivity contribution in [2.45, 2.75) is 45.6 Å². The number of hydrogen-bond acceptors (Lipinski definition) is 2. The molecular weight excluding hydrogens is 232 g/mol. The van der Waals surface area contributed by atoms with Crippen LogP contribution in [-0.2, 0) is 0 Å². The van der Waals surface area contributed by atoms with Crippen LogP contribution in [0.15, 0.2) is 18.2 Å². The lowest BCUT2D eigenvalue weighted by Gasteiger charge is -2.38. The summed E-state index contributed by atoms with van der Waals surface area (Å²) in [5.41, 5.74) is 4.20. The number of piperidine rings is 1. The third kappa shape index (κ3) is 2.94. The van der Waals surface area contributed by atoms with Crippen LogP contribution < -0.4 is 4.90 Å². The third-order valence-electron chi connectivity index (χ3n) is 4.69. The molecule has 0 bridgehead atoms. The summed E-state index contributed by atoms with van der Waals surface area (Å²) in [5.74, 6) is 0. The molecular formula is C17H26N2. The molecule has 0 radical (unpaired) electrons. The number of benzene rings is 1. The van der Waals surface area contributed by atoms with E-state index in [-0.39, 0.29) is 0 Å². The smallest absolute Gasteiger partial charge is 0.0371 e. The monoisotopic (exact) mass is 258 g/mol. The van der Waals surface area contributed by atoms with E-state index in [1.165, 1.54) is 68.7 Å². The first kappa shape index (κ1) is 13.0. The lowest BCUT2D eigenvalue weighted by molar-refractivity contribution is 0.208. The second kappa shape index (κ2) is 5.54. The first-order valence-electron chi connectivity index (χ1n) is 7.80. The van der Waals surface area contributed by atoms with Gasteiger partial charge in [0.25, 0.3) is 0 Å². The van der Waals surface area contributed by atoms with Crippen LogP contribution in [0, 0.1) is 13.8 Å². The molecule has 2 aliphatic rings. The molecule has 1 aromatic rings. The van der Waals surface area contributed by atoms with Gasteiger partial charge in [-0.25, -0.2) is 0 Å². The minimum absolute atomic E-state index is 0.852. The van der Waals surface area contributed by atoms with Crippen LogP contribution >= 0.6 is 0 Å². The Kier molecular flexibility index (Phi) is 3.79. The summed E-state index contributed by atoms with van der Waals surface area (Å²) in [4.78, 5) is 5.30. The van der Waals surface area contributed by atoms with Crippen molar-refractivity contribution < 1.29 is 0 Å². The van der Waals surface area contributed by atoms with Gasteiger partial charge < -0.3 is 9.80 Å². The fourth-order valence-electron chi connectivity index (χ4n) is 3.73. The van der Waals surface area contributed by atoms with Crippen LogP contribution in [-0.4, -0.2) is 37.1 Å². The van der Waals surface area contributed by atoms with E-state index < -0.39 is 0 Å². The van der Waals surface area contributed by atoms with Gasteiger partial charge >= 0.3 is 0 Å². The Hall–Kier alpha value is -1.02. The van der Waals surface area contributed by atoms with Gasteiger partial charge in [-0.05, 0) is 75.9 Å². The molecule has 2 heterocycles. The van der Waals surface area contributed by atoms with Crippen molar-refractivity contribution in [3.05, 3.63) is 29.3 Å². The molecule has 0 amide bonds. The molecule has 0 saturated carbocycles. The second-order valence-corrected chi connectivity index (χ2v) is 6.31. The topological polar surface area (TPSA) is 6.48 Å². The summed E-state index contributed by atoms with van der Waals surface area (Å²) < 4.78 is 0. The van der Waals surface area contributed by atoms with Crippen LogP contribution in [0.3, 0.4) is 0 Å². The fourth-order valence-corrected chi connectivity index (χ4v) is 3.73. The Morgan fingerprint density at radius 2 is 1.42 bits per heavy atom. The zero-order valence-corrected chi connectivity index (χ0v) is 12.4. The number of rotatable bonds is 2. The molecule has 2 saturated heterocycles. The number of likely N-dealkylation sites (tertiary alicyclic amines) is 1. The van der Waals surface area contributed by atoms with Crippen molar-refractivity contribution in [1.29, 1.82) is 0 Å². The van der Waals surface area contributed by atoms with E-state index in [1.54, 1.807) is 0 Å². The SMILES string of the molecule is Cc1cc(C)cc(N2CCC(N3CCCC3)CC2)c1. The average molecular weight is 258 g/mol. The standard InChI is InChI=1S/C17H26N2/c1-14-11-15(2)13-17(12-14)19-9-5-16(6-10-19)18-7-3-4-8-18/h11-13,16H,3-10H2,1-2H3. The highest BCUT2D eigenvalue weighted by atomic mass is 15.2. The summed E-state index contributed by atoms with van der Waals surface area (Å²) in [6.07, 6.45) is 5.51. The Morgan fingerprint density at radius 1 is 0.842 bits per heavy atom. The summed E-state index contributed by atoms with van der Waals surface area (Å²) in [7, 11) is 0. The molecule has 3 rings (SSSR count). The van der Waals surface area contributed by atoms with Gasteiger partial charge in [-0.3, -0.25) is 0 Å². The molecule has 0 N–H and O–H groups in total. The Balaban J connectivity index is 1.63. The molecule has 0 spiro atoms. The van der Waals surface area contributed by atoms with Gasteiger partial charge in [-0.1, -0.05) is 6.07 Å². The van der Waals surface area contributed by atoms with Crippen LogP contribution in [0.25, 0.3) is 0 Å². The van der Waals surface area contributed by atoms with Crippen molar-refractivity contribution in [2.75, 3.05) is 31.1 Å². The summed E-state index contributed by atoms with van der Waals surface area (Å²) >= 11 is 0. The number of hydrogen-bond donors (Lipinski definition) is 0. The zero-order chi connectivity index (χ0) is 13.2. The Labute approximate surface area is 117 Å². The van der Waals surface area contributed by atoms with Gasteiger partial charge in [0.2, 0.25) is 0 Å². The van der Waals surface area contributed by atoms with Gasteiger partial charge in [-0.2, -0.15) is 0 Å². The molecule has 0 aliphatic carbocycles. The third-order valence-corrected chi connectivity index (χ3v) is 4.69. The molecule has 0 atom stereocenters. The fraction of sp³-hybridized carbons (Fsp3) is 0.647. The van der Waals surface area contributed by atoms with E-state index >= 15 is 0 Å². The van der Waals surface area contributed by atoms with Crippen LogP contribution in [0.1, 0.15) is 36.8 Å². The molecule has 2 heteroatoms. The van der Waals surface area contributed by atoms with E-state index in [0.717, 1.165) is 6.04 Å².